The van der Waals surface area contributed by atoms with Crippen LogP contribution < -0.4 is 11.2 Å². The Morgan fingerprint density at radius 3 is 2.74 bits per heavy atom. The summed E-state index contributed by atoms with van der Waals surface area (Å²) in [5, 5.41) is 0. The molecular formula is C24H29FN6O3. The molecule has 3 aromatic rings. The van der Waals surface area contributed by atoms with Gasteiger partial charge in [-0.2, -0.15) is 0 Å². The van der Waals surface area contributed by atoms with Gasteiger partial charge in [-0.15, -0.1) is 0 Å². The molecule has 2 aromatic heterocycles. The molecule has 4 rings (SSSR count). The van der Waals surface area contributed by atoms with Crippen molar-refractivity contribution in [2.45, 2.75) is 45.8 Å². The number of hydrogen-bond acceptors (Lipinski definition) is 5. The minimum atomic E-state index is -0.594. The Hall–Kier alpha value is -3.53. The van der Waals surface area contributed by atoms with Crippen molar-refractivity contribution in [3.8, 4) is 0 Å². The summed E-state index contributed by atoms with van der Waals surface area (Å²) in [6, 6.07) is 4.45. The summed E-state index contributed by atoms with van der Waals surface area (Å²) in [5.41, 5.74) is 1.07. The van der Waals surface area contributed by atoms with E-state index in [2.05, 4.69) is 26.8 Å². The Morgan fingerprint density at radius 1 is 1.21 bits per heavy atom. The van der Waals surface area contributed by atoms with Gasteiger partial charge in [-0.3, -0.25) is 24.0 Å². The highest BCUT2D eigenvalue weighted by Crippen LogP contribution is 2.20. The number of aryl methyl sites for hydroxylation is 1. The SMILES string of the molecule is CCc1cn(Cc2ccc(F)c(C(=O)N3CCN(Cc4c[nH]cn4)[C@H](CC)C3)c2)c(=O)[nH]c1=O. The molecular weight excluding hydrogens is 439 g/mol. The van der Waals surface area contributed by atoms with Crippen molar-refractivity contribution >= 4 is 5.91 Å². The van der Waals surface area contributed by atoms with Crippen molar-refractivity contribution in [1.29, 1.82) is 0 Å². The van der Waals surface area contributed by atoms with E-state index < -0.39 is 17.1 Å². The van der Waals surface area contributed by atoms with Crippen LogP contribution in [0.25, 0.3) is 0 Å². The van der Waals surface area contributed by atoms with Crippen LogP contribution >= 0.6 is 0 Å². The summed E-state index contributed by atoms with van der Waals surface area (Å²) < 4.78 is 16.1. The lowest BCUT2D eigenvalue weighted by Crippen LogP contribution is -2.54. The highest BCUT2D eigenvalue weighted by Gasteiger charge is 2.30. The summed E-state index contributed by atoms with van der Waals surface area (Å²) >= 11 is 0. The number of nitrogens with one attached hydrogen (secondary N) is 2. The topological polar surface area (TPSA) is 107 Å². The molecule has 34 heavy (non-hydrogen) atoms. The molecule has 1 saturated heterocycles. The van der Waals surface area contributed by atoms with Gasteiger partial charge in [0.15, 0.2) is 0 Å². The van der Waals surface area contributed by atoms with Crippen LogP contribution in [-0.4, -0.2) is 60.9 Å². The summed E-state index contributed by atoms with van der Waals surface area (Å²) in [6.45, 7) is 6.38. The van der Waals surface area contributed by atoms with Crippen LogP contribution in [0.1, 0.15) is 47.4 Å². The number of aromatic nitrogens is 4. The quantitative estimate of drug-likeness (QED) is 0.549. The molecule has 0 bridgehead atoms. The highest BCUT2D eigenvalue weighted by atomic mass is 19.1. The number of carbonyl (C=O) groups is 1. The lowest BCUT2D eigenvalue weighted by molar-refractivity contribution is 0.0443. The van der Waals surface area contributed by atoms with E-state index in [0.717, 1.165) is 12.1 Å². The first-order chi connectivity index (χ1) is 16.4. The van der Waals surface area contributed by atoms with Crippen molar-refractivity contribution in [2.75, 3.05) is 19.6 Å². The molecule has 1 fully saturated rings. The van der Waals surface area contributed by atoms with Crippen LogP contribution in [0, 0.1) is 5.82 Å². The third kappa shape index (κ3) is 5.01. The zero-order chi connectivity index (χ0) is 24.2. The number of aromatic amines is 2. The molecule has 0 saturated carbocycles. The van der Waals surface area contributed by atoms with Crippen LogP contribution in [0.5, 0.6) is 0 Å². The Balaban J connectivity index is 1.51. The van der Waals surface area contributed by atoms with Gasteiger partial charge < -0.3 is 9.88 Å². The minimum absolute atomic E-state index is 0.0127. The number of imidazole rings is 1. The van der Waals surface area contributed by atoms with E-state index in [-0.39, 0.29) is 24.1 Å². The molecule has 0 aliphatic carbocycles. The number of benzene rings is 1. The maximum atomic E-state index is 14.7. The second kappa shape index (κ2) is 10.2. The van der Waals surface area contributed by atoms with Crippen LogP contribution in [0.15, 0.2) is 46.5 Å². The molecule has 1 amide bonds. The molecule has 9 nitrogen and oxygen atoms in total. The molecule has 180 valence electrons. The Bertz CT molecular complexity index is 1270. The predicted octanol–water partition coefficient (Wildman–Crippen LogP) is 1.75. The zero-order valence-corrected chi connectivity index (χ0v) is 19.4. The standard InChI is InChI=1S/C24H29FN6O3/c1-3-17-12-31(24(34)28-22(17)32)11-16-5-6-21(25)20(9-16)23(33)30-8-7-29(19(4-2)14-30)13-18-10-26-15-27-18/h5-6,9-10,12,15,19H,3-4,7-8,11,13-14H2,1-2H3,(H,26,27)(H,28,32,34)/t19-/m1/s1. The molecule has 0 unspecified atom stereocenters. The van der Waals surface area contributed by atoms with Gasteiger partial charge in [0.25, 0.3) is 11.5 Å². The average molecular weight is 469 g/mol. The first kappa shape index (κ1) is 23.6. The maximum absolute atomic E-state index is 14.7. The van der Waals surface area contributed by atoms with Crippen molar-refractivity contribution in [1.82, 2.24) is 29.3 Å². The van der Waals surface area contributed by atoms with Gasteiger partial charge in [-0.25, -0.2) is 14.2 Å². The van der Waals surface area contributed by atoms with Crippen LogP contribution in [0.3, 0.4) is 0 Å². The summed E-state index contributed by atoms with van der Waals surface area (Å²) in [4.78, 5) is 50.8. The van der Waals surface area contributed by atoms with E-state index in [0.29, 0.717) is 43.7 Å². The minimum Gasteiger partial charge on any atom is -0.351 e. The molecule has 0 spiro atoms. The number of rotatable bonds is 7. The number of amides is 1. The van der Waals surface area contributed by atoms with Crippen molar-refractivity contribution in [2.24, 2.45) is 0 Å². The summed E-state index contributed by atoms with van der Waals surface area (Å²) in [7, 11) is 0. The van der Waals surface area contributed by atoms with Crippen molar-refractivity contribution < 1.29 is 9.18 Å². The molecule has 10 heteroatoms. The van der Waals surface area contributed by atoms with Gasteiger partial charge in [0.2, 0.25) is 0 Å². The van der Waals surface area contributed by atoms with Gasteiger partial charge in [0.1, 0.15) is 5.82 Å². The van der Waals surface area contributed by atoms with E-state index in [1.807, 2.05) is 13.1 Å². The second-order valence-electron chi connectivity index (χ2n) is 8.55. The molecule has 1 atom stereocenters. The van der Waals surface area contributed by atoms with E-state index in [9.17, 15) is 18.8 Å². The average Bonchev–Trinajstić information content (AvgIpc) is 3.35. The molecule has 3 heterocycles. The smallest absolute Gasteiger partial charge is 0.328 e. The normalized spacial score (nSPS) is 16.7. The maximum Gasteiger partial charge on any atom is 0.328 e. The largest absolute Gasteiger partial charge is 0.351 e. The van der Waals surface area contributed by atoms with Gasteiger partial charge in [-0.1, -0.05) is 19.9 Å². The lowest BCUT2D eigenvalue weighted by atomic mass is 10.1. The van der Waals surface area contributed by atoms with Crippen molar-refractivity contribution in [3.05, 3.63) is 86.0 Å². The Labute approximate surface area is 196 Å². The van der Waals surface area contributed by atoms with Gasteiger partial charge in [0, 0.05) is 50.2 Å². The number of halogens is 1. The number of carbonyl (C=O) groups excluding carboxylic acids is 1. The monoisotopic (exact) mass is 468 g/mol. The van der Waals surface area contributed by atoms with E-state index in [1.165, 1.54) is 22.9 Å². The van der Waals surface area contributed by atoms with Gasteiger partial charge >= 0.3 is 5.69 Å². The van der Waals surface area contributed by atoms with Gasteiger partial charge in [-0.05, 0) is 30.5 Å². The fraction of sp³-hybridized carbons (Fsp3) is 0.417. The van der Waals surface area contributed by atoms with Gasteiger partial charge in [0.05, 0.1) is 24.1 Å². The molecule has 2 N–H and O–H groups in total. The van der Waals surface area contributed by atoms with Crippen LogP contribution in [0.4, 0.5) is 4.39 Å². The number of nitrogens with zero attached hydrogens (tertiary/aromatic N) is 4. The highest BCUT2D eigenvalue weighted by molar-refractivity contribution is 5.94. The molecule has 1 aliphatic heterocycles. The number of H-pyrrole nitrogens is 2. The fourth-order valence-corrected chi connectivity index (χ4v) is 4.38. The third-order valence-corrected chi connectivity index (χ3v) is 6.36. The van der Waals surface area contributed by atoms with E-state index in [4.69, 9.17) is 0 Å². The Kier molecular flexibility index (Phi) is 7.06. The van der Waals surface area contributed by atoms with E-state index in [1.54, 1.807) is 17.3 Å². The molecule has 0 radical (unpaired) electrons. The Morgan fingerprint density at radius 2 is 2.03 bits per heavy atom. The first-order valence-corrected chi connectivity index (χ1v) is 11.5. The first-order valence-electron chi connectivity index (χ1n) is 11.5. The molecule has 1 aromatic carbocycles. The third-order valence-electron chi connectivity index (χ3n) is 6.36. The predicted molar refractivity (Wildman–Crippen MR) is 125 cm³/mol. The van der Waals surface area contributed by atoms with Crippen LogP contribution in [0.2, 0.25) is 0 Å². The van der Waals surface area contributed by atoms with E-state index >= 15 is 0 Å². The molecule has 1 aliphatic rings. The lowest BCUT2D eigenvalue weighted by Gasteiger charge is -2.41. The van der Waals surface area contributed by atoms with Crippen LogP contribution in [-0.2, 0) is 19.5 Å². The van der Waals surface area contributed by atoms with Crippen molar-refractivity contribution in [3.63, 3.8) is 0 Å². The number of hydrogen-bond donors (Lipinski definition) is 2. The number of piperazine rings is 1. The second-order valence-corrected chi connectivity index (χ2v) is 8.55. The zero-order valence-electron chi connectivity index (χ0n) is 19.4. The summed E-state index contributed by atoms with van der Waals surface area (Å²) in [5.74, 6) is -0.955. The summed E-state index contributed by atoms with van der Waals surface area (Å²) in [6.07, 6.45) is 6.36. The fourth-order valence-electron chi connectivity index (χ4n) is 4.38.